The maximum Gasteiger partial charge on any atom is 0.251 e. The molecule has 10 heteroatoms. The molecule has 2 aromatic carbocycles. The Bertz CT molecular complexity index is 1490. The van der Waals surface area contributed by atoms with E-state index in [-0.39, 0.29) is 43.3 Å². The van der Waals surface area contributed by atoms with Crippen molar-refractivity contribution >= 4 is 11.8 Å². The van der Waals surface area contributed by atoms with Gasteiger partial charge in [0.2, 0.25) is 5.91 Å². The molecule has 1 saturated carbocycles. The van der Waals surface area contributed by atoms with Crippen LogP contribution >= 0.6 is 0 Å². The SMILES string of the molecule is C[C@@H](CO)COc1ccc(C(=O)NC[C@@H](C)c2cc3c(c(-c4ccc(F)cc4)n2)OC[C@]3(C)C(N)=O)cc1OCC1CC1. The molecule has 2 aliphatic rings. The van der Waals surface area contributed by atoms with Crippen molar-refractivity contribution in [3.63, 3.8) is 0 Å². The van der Waals surface area contributed by atoms with Crippen LogP contribution in [0.4, 0.5) is 4.39 Å². The van der Waals surface area contributed by atoms with E-state index in [9.17, 15) is 19.1 Å². The number of fused-ring (bicyclic) bond motifs is 1. The van der Waals surface area contributed by atoms with Crippen LogP contribution in [0.5, 0.6) is 17.2 Å². The van der Waals surface area contributed by atoms with Gasteiger partial charge < -0.3 is 30.4 Å². The molecule has 1 fully saturated rings. The van der Waals surface area contributed by atoms with E-state index in [1.807, 2.05) is 13.8 Å². The number of rotatable bonds is 13. The first-order chi connectivity index (χ1) is 20.6. The van der Waals surface area contributed by atoms with E-state index in [0.29, 0.717) is 64.5 Å². The van der Waals surface area contributed by atoms with Gasteiger partial charge in [0.15, 0.2) is 11.5 Å². The number of hydrogen-bond donors (Lipinski definition) is 3. The molecule has 0 saturated heterocycles. The summed E-state index contributed by atoms with van der Waals surface area (Å²) in [4.78, 5) is 30.5. The second-order valence-electron chi connectivity index (χ2n) is 11.9. The minimum absolute atomic E-state index is 0.0101. The maximum atomic E-state index is 13.7. The molecule has 43 heavy (non-hydrogen) atoms. The summed E-state index contributed by atoms with van der Waals surface area (Å²) in [6.45, 7) is 6.76. The van der Waals surface area contributed by atoms with Gasteiger partial charge in [-0.1, -0.05) is 13.8 Å². The Morgan fingerprint density at radius 1 is 1.14 bits per heavy atom. The molecule has 2 amide bonds. The monoisotopic (exact) mass is 591 g/mol. The van der Waals surface area contributed by atoms with Crippen LogP contribution in [0.1, 0.15) is 61.1 Å². The molecule has 3 aromatic rings. The summed E-state index contributed by atoms with van der Waals surface area (Å²) in [5.41, 5.74) is 7.51. The number of aliphatic hydroxyl groups is 1. The highest BCUT2D eigenvalue weighted by Gasteiger charge is 2.44. The first-order valence-electron chi connectivity index (χ1n) is 14.6. The average Bonchev–Trinajstić information content (AvgIpc) is 3.78. The zero-order chi connectivity index (χ0) is 30.7. The van der Waals surface area contributed by atoms with Gasteiger partial charge in [0, 0.05) is 47.4 Å². The number of nitrogens with zero attached hydrogens (tertiary/aromatic N) is 1. The van der Waals surface area contributed by atoms with Crippen LogP contribution in [-0.2, 0) is 10.2 Å². The summed E-state index contributed by atoms with van der Waals surface area (Å²) in [5, 5.41) is 12.3. The Balaban J connectivity index is 1.35. The Morgan fingerprint density at radius 2 is 1.88 bits per heavy atom. The molecule has 9 nitrogen and oxygen atoms in total. The molecular weight excluding hydrogens is 553 g/mol. The Morgan fingerprint density at radius 3 is 2.56 bits per heavy atom. The van der Waals surface area contributed by atoms with Gasteiger partial charge in [-0.25, -0.2) is 9.37 Å². The molecule has 228 valence electrons. The molecule has 0 bridgehead atoms. The van der Waals surface area contributed by atoms with E-state index in [4.69, 9.17) is 24.9 Å². The van der Waals surface area contributed by atoms with E-state index in [1.54, 1.807) is 43.3 Å². The third-order valence-electron chi connectivity index (χ3n) is 8.04. The average molecular weight is 592 g/mol. The summed E-state index contributed by atoms with van der Waals surface area (Å²) < 4.78 is 31.5. The molecule has 1 aromatic heterocycles. The molecule has 1 aliphatic heterocycles. The summed E-state index contributed by atoms with van der Waals surface area (Å²) >= 11 is 0. The van der Waals surface area contributed by atoms with Crippen LogP contribution < -0.4 is 25.3 Å². The highest BCUT2D eigenvalue weighted by atomic mass is 19.1. The molecule has 2 heterocycles. The summed E-state index contributed by atoms with van der Waals surface area (Å²) in [6.07, 6.45) is 2.25. The molecule has 0 unspecified atom stereocenters. The lowest BCUT2D eigenvalue weighted by Crippen LogP contribution is -2.39. The van der Waals surface area contributed by atoms with Crippen molar-refractivity contribution in [1.82, 2.24) is 10.3 Å². The van der Waals surface area contributed by atoms with Crippen molar-refractivity contribution in [1.29, 1.82) is 0 Å². The van der Waals surface area contributed by atoms with Crippen LogP contribution in [-0.4, -0.2) is 54.9 Å². The lowest BCUT2D eigenvalue weighted by atomic mass is 9.82. The van der Waals surface area contributed by atoms with Gasteiger partial charge in [-0.05, 0) is 74.2 Å². The number of aliphatic hydroxyl groups excluding tert-OH is 1. The van der Waals surface area contributed by atoms with Crippen molar-refractivity contribution in [2.75, 3.05) is 33.0 Å². The lowest BCUT2D eigenvalue weighted by molar-refractivity contribution is -0.123. The van der Waals surface area contributed by atoms with Crippen LogP contribution in [0.2, 0.25) is 0 Å². The number of halogens is 1. The molecule has 0 spiro atoms. The normalized spacial score (nSPS) is 18.7. The van der Waals surface area contributed by atoms with Crippen LogP contribution in [0.15, 0.2) is 48.5 Å². The molecule has 3 atom stereocenters. The fourth-order valence-electron chi connectivity index (χ4n) is 4.77. The molecule has 4 N–H and O–H groups in total. The first-order valence-corrected chi connectivity index (χ1v) is 14.6. The van der Waals surface area contributed by atoms with Crippen LogP contribution in [0.3, 0.4) is 0 Å². The molecule has 1 aliphatic carbocycles. The second kappa shape index (κ2) is 12.6. The van der Waals surface area contributed by atoms with Gasteiger partial charge in [0.25, 0.3) is 5.91 Å². The lowest BCUT2D eigenvalue weighted by Gasteiger charge is -2.21. The number of ether oxygens (including phenoxy) is 3. The van der Waals surface area contributed by atoms with Crippen molar-refractivity contribution in [2.24, 2.45) is 17.6 Å². The van der Waals surface area contributed by atoms with E-state index in [1.165, 1.54) is 12.1 Å². The predicted octanol–water partition coefficient (Wildman–Crippen LogP) is 4.35. The highest BCUT2D eigenvalue weighted by molar-refractivity contribution is 5.95. The third-order valence-corrected chi connectivity index (χ3v) is 8.04. The third kappa shape index (κ3) is 6.74. The fraction of sp³-hybridized carbons (Fsp3) is 0.424. The minimum Gasteiger partial charge on any atom is -0.489 e. The van der Waals surface area contributed by atoms with Crippen LogP contribution in [0, 0.1) is 17.7 Å². The Kier molecular flexibility index (Phi) is 8.87. The zero-order valence-electron chi connectivity index (χ0n) is 24.7. The van der Waals surface area contributed by atoms with Crippen LogP contribution in [0.25, 0.3) is 11.3 Å². The van der Waals surface area contributed by atoms with Gasteiger partial charge in [-0.15, -0.1) is 0 Å². The smallest absolute Gasteiger partial charge is 0.251 e. The van der Waals surface area contributed by atoms with E-state index in [2.05, 4.69) is 5.32 Å². The first kappa shape index (κ1) is 30.3. The Hall–Kier alpha value is -4.18. The number of nitrogens with two attached hydrogens (primary N) is 1. The number of aromatic nitrogens is 1. The molecule has 0 radical (unpaired) electrons. The van der Waals surface area contributed by atoms with Gasteiger partial charge in [-0.3, -0.25) is 9.59 Å². The van der Waals surface area contributed by atoms with Crippen molar-refractivity contribution in [3.05, 3.63) is 71.2 Å². The Labute approximate surface area is 250 Å². The summed E-state index contributed by atoms with van der Waals surface area (Å²) in [6, 6.07) is 12.8. The largest absolute Gasteiger partial charge is 0.489 e. The number of pyridine rings is 1. The van der Waals surface area contributed by atoms with Gasteiger partial charge in [0.05, 0.1) is 13.2 Å². The standard InChI is InChI=1S/C33H38FN3O6/c1-19(15-38)16-41-27-11-8-23(12-28(27)42-17-21-4-5-21)31(39)36-14-20(2)26-13-25-30(43-18-33(25,3)32(35)40)29(37-26)22-6-9-24(34)10-7-22/h6-13,19-21,38H,4-5,14-18H2,1-3H3,(H2,35,40)(H,36,39)/t19-,20+,33-/m0/s1. The number of nitrogens with one attached hydrogen (secondary N) is 1. The maximum absolute atomic E-state index is 13.7. The quantitative estimate of drug-likeness (QED) is 0.269. The zero-order valence-corrected chi connectivity index (χ0v) is 24.7. The van der Waals surface area contributed by atoms with Gasteiger partial charge in [-0.2, -0.15) is 0 Å². The number of amides is 2. The van der Waals surface area contributed by atoms with E-state index < -0.39 is 11.3 Å². The minimum atomic E-state index is -1.06. The predicted molar refractivity (Wildman–Crippen MR) is 159 cm³/mol. The van der Waals surface area contributed by atoms with Gasteiger partial charge >= 0.3 is 0 Å². The number of benzene rings is 2. The number of carbonyl (C=O) groups excluding carboxylic acids is 2. The summed E-state index contributed by atoms with van der Waals surface area (Å²) in [7, 11) is 0. The molecular formula is C33H38FN3O6. The highest BCUT2D eigenvalue weighted by Crippen LogP contribution is 2.45. The fourth-order valence-corrected chi connectivity index (χ4v) is 4.77. The van der Waals surface area contributed by atoms with E-state index in [0.717, 1.165) is 12.8 Å². The molecule has 5 rings (SSSR count). The topological polar surface area (TPSA) is 133 Å². The second-order valence-corrected chi connectivity index (χ2v) is 11.9. The van der Waals surface area contributed by atoms with E-state index >= 15 is 0 Å². The van der Waals surface area contributed by atoms with Crippen molar-refractivity contribution in [2.45, 2.75) is 44.9 Å². The number of carbonyl (C=O) groups is 2. The van der Waals surface area contributed by atoms with Gasteiger partial charge in [0.1, 0.15) is 29.3 Å². The number of hydrogen-bond acceptors (Lipinski definition) is 7. The number of primary amides is 1. The van der Waals surface area contributed by atoms with Crippen molar-refractivity contribution < 1.29 is 33.3 Å². The summed E-state index contributed by atoms with van der Waals surface area (Å²) in [5.74, 6) is 0.510. The van der Waals surface area contributed by atoms with Crippen molar-refractivity contribution in [3.8, 4) is 28.5 Å².